The fraction of sp³-hybridized carbons (Fsp3) is 0.300. The van der Waals surface area contributed by atoms with Gasteiger partial charge in [-0.25, -0.2) is 0 Å². The predicted molar refractivity (Wildman–Crippen MR) is 107 cm³/mol. The van der Waals surface area contributed by atoms with E-state index in [-0.39, 0.29) is 15.8 Å². The molecule has 2 aromatic rings. The third-order valence-corrected chi connectivity index (χ3v) is 5.62. The minimum Gasteiger partial charge on any atom is -0.372 e. The summed E-state index contributed by atoms with van der Waals surface area (Å²) >= 11 is 1.05. The molecule has 1 aliphatic heterocycles. The smallest absolute Gasteiger partial charge is 0.277 e. The summed E-state index contributed by atoms with van der Waals surface area (Å²) in [7, 11) is 0. The number of anilines is 1. The molecule has 3 rings (SSSR count). The molecule has 0 saturated carbocycles. The first kappa shape index (κ1) is 18.7. The lowest BCUT2D eigenvalue weighted by Gasteiger charge is -2.17. The van der Waals surface area contributed by atoms with E-state index in [1.54, 1.807) is 19.1 Å². The number of carbonyl (C=O) groups is 1. The van der Waals surface area contributed by atoms with Crippen LogP contribution in [0.2, 0.25) is 0 Å². The third kappa shape index (κ3) is 3.87. The molecule has 0 aliphatic carbocycles. The molecule has 2 N–H and O–H groups in total. The molecular formula is C20H20N4O2S. The summed E-state index contributed by atoms with van der Waals surface area (Å²) in [4.78, 5) is 26.3. The van der Waals surface area contributed by atoms with Crippen molar-refractivity contribution < 1.29 is 4.79 Å². The number of thiazole rings is 1. The van der Waals surface area contributed by atoms with Gasteiger partial charge in [0.2, 0.25) is 0 Å². The van der Waals surface area contributed by atoms with Crippen molar-refractivity contribution >= 4 is 40.3 Å². The van der Waals surface area contributed by atoms with Gasteiger partial charge in [0, 0.05) is 25.3 Å². The second-order valence-electron chi connectivity index (χ2n) is 6.21. The van der Waals surface area contributed by atoms with E-state index in [1.807, 2.05) is 12.1 Å². The molecule has 1 saturated heterocycles. The number of rotatable bonds is 4. The van der Waals surface area contributed by atoms with E-state index in [0.717, 1.165) is 30.0 Å². The van der Waals surface area contributed by atoms with Gasteiger partial charge in [-0.05, 0) is 43.5 Å². The van der Waals surface area contributed by atoms with Gasteiger partial charge < -0.3 is 10.6 Å². The molecule has 1 amide bonds. The highest BCUT2D eigenvalue weighted by molar-refractivity contribution is 7.07. The maximum Gasteiger partial charge on any atom is 0.277 e. The summed E-state index contributed by atoms with van der Waals surface area (Å²) in [6.45, 7) is 4.30. The molecule has 1 aromatic heterocycles. The number of hydrogen-bond acceptors (Lipinski definition) is 5. The summed E-state index contributed by atoms with van der Waals surface area (Å²) in [5.74, 6) is -0.839. The van der Waals surface area contributed by atoms with E-state index in [0.29, 0.717) is 11.1 Å². The van der Waals surface area contributed by atoms with Gasteiger partial charge in [0.15, 0.2) is 5.57 Å². The van der Waals surface area contributed by atoms with E-state index in [1.165, 1.54) is 23.1 Å². The van der Waals surface area contributed by atoms with Crippen LogP contribution in [0.5, 0.6) is 0 Å². The number of amides is 1. The second kappa shape index (κ2) is 8.09. The minimum atomic E-state index is -0.839. The molecule has 0 bridgehead atoms. The van der Waals surface area contributed by atoms with Crippen molar-refractivity contribution in [1.82, 2.24) is 4.57 Å². The van der Waals surface area contributed by atoms with E-state index in [4.69, 9.17) is 11.0 Å². The number of nitrogens with zero attached hydrogens (tertiary/aromatic N) is 3. The average molecular weight is 380 g/mol. The molecule has 2 heterocycles. The van der Waals surface area contributed by atoms with Crippen LogP contribution in [0.25, 0.3) is 17.4 Å². The monoisotopic (exact) mass is 380 g/mol. The van der Waals surface area contributed by atoms with Crippen LogP contribution in [0.15, 0.2) is 29.1 Å². The van der Waals surface area contributed by atoms with Crippen LogP contribution in [-0.2, 0) is 11.3 Å². The highest BCUT2D eigenvalue weighted by atomic mass is 32.1. The zero-order chi connectivity index (χ0) is 19.4. The zero-order valence-electron chi connectivity index (χ0n) is 15.1. The standard InChI is InChI=1S/C20H20N4O2S/c1-2-24-19(26)17(27-20(24)16(13-21)18(22)25)10-7-14-5-8-15(9-6-14)23-11-3-4-12-23/h5-9H,2-4,11-12H2,1H3,(H2,22,25)/b20-16-. The fourth-order valence-electron chi connectivity index (χ4n) is 3.09. The molecule has 0 unspecified atom stereocenters. The van der Waals surface area contributed by atoms with Gasteiger partial charge in [-0.1, -0.05) is 17.9 Å². The lowest BCUT2D eigenvalue weighted by molar-refractivity contribution is -0.112. The van der Waals surface area contributed by atoms with E-state index in [9.17, 15) is 9.59 Å². The fourth-order valence-corrected chi connectivity index (χ4v) is 4.17. The molecule has 1 aromatic carbocycles. The van der Waals surface area contributed by atoms with Crippen LogP contribution in [0.3, 0.4) is 0 Å². The lowest BCUT2D eigenvalue weighted by atomic mass is 10.2. The first-order valence-electron chi connectivity index (χ1n) is 8.80. The molecule has 138 valence electrons. The highest BCUT2D eigenvalue weighted by Crippen LogP contribution is 2.20. The van der Waals surface area contributed by atoms with E-state index >= 15 is 0 Å². The molecule has 27 heavy (non-hydrogen) atoms. The summed E-state index contributed by atoms with van der Waals surface area (Å²) in [5.41, 5.74) is 9.89. The van der Waals surface area contributed by atoms with Gasteiger partial charge in [-0.15, -0.1) is 11.3 Å². The molecule has 0 radical (unpaired) electrons. The largest absolute Gasteiger partial charge is 0.372 e. The molecule has 1 aliphatic rings. The summed E-state index contributed by atoms with van der Waals surface area (Å²) in [6, 6.07) is 9.90. The van der Waals surface area contributed by atoms with Crippen molar-refractivity contribution in [3.8, 4) is 6.07 Å². The number of carbonyl (C=O) groups excluding carboxylic acids is 1. The first-order chi connectivity index (χ1) is 13.0. The Hall–Kier alpha value is -3.07. The van der Waals surface area contributed by atoms with Gasteiger partial charge in [-0.3, -0.25) is 14.2 Å². The van der Waals surface area contributed by atoms with Crippen LogP contribution in [0.1, 0.15) is 25.3 Å². The van der Waals surface area contributed by atoms with Crippen LogP contribution in [0.4, 0.5) is 5.69 Å². The van der Waals surface area contributed by atoms with Crippen molar-refractivity contribution in [2.45, 2.75) is 26.3 Å². The third-order valence-electron chi connectivity index (χ3n) is 4.51. The molecular weight excluding hydrogens is 360 g/mol. The molecule has 0 atom stereocenters. The second-order valence-corrected chi connectivity index (χ2v) is 7.21. The SMILES string of the molecule is CCn1c(=O)c(=C=Cc2ccc(N3CCCC3)cc2)s/c1=C(/C#N)C(N)=O. The molecule has 1 fully saturated rings. The molecule has 6 nitrogen and oxygen atoms in total. The van der Waals surface area contributed by atoms with E-state index in [2.05, 4.69) is 22.8 Å². The maximum atomic E-state index is 12.5. The van der Waals surface area contributed by atoms with Crippen molar-refractivity contribution in [2.24, 2.45) is 5.73 Å². The Morgan fingerprint density at radius 3 is 2.52 bits per heavy atom. The molecule has 0 spiro atoms. The zero-order valence-corrected chi connectivity index (χ0v) is 15.9. The van der Waals surface area contributed by atoms with Gasteiger partial charge in [-0.2, -0.15) is 5.26 Å². The van der Waals surface area contributed by atoms with Gasteiger partial charge in [0.1, 0.15) is 15.3 Å². The van der Waals surface area contributed by atoms with Crippen molar-refractivity contribution in [2.75, 3.05) is 18.0 Å². The number of nitrogens with two attached hydrogens (primary N) is 1. The number of hydrogen-bond donors (Lipinski definition) is 1. The lowest BCUT2D eigenvalue weighted by Crippen LogP contribution is -2.32. The Bertz CT molecular complexity index is 1110. The Morgan fingerprint density at radius 1 is 1.30 bits per heavy atom. The topological polar surface area (TPSA) is 92.1 Å². The summed E-state index contributed by atoms with van der Waals surface area (Å²) in [6.07, 6.45) is 4.20. The average Bonchev–Trinajstić information content (AvgIpc) is 3.29. The number of nitriles is 1. The van der Waals surface area contributed by atoms with Gasteiger partial charge in [0.25, 0.3) is 11.5 Å². The van der Waals surface area contributed by atoms with E-state index < -0.39 is 5.91 Å². The van der Waals surface area contributed by atoms with Crippen molar-refractivity contribution in [3.05, 3.63) is 49.4 Å². The Kier molecular flexibility index (Phi) is 5.60. The number of primary amides is 1. The number of benzene rings is 1. The first-order valence-corrected chi connectivity index (χ1v) is 9.62. The minimum absolute atomic E-state index is 0.207. The number of aromatic nitrogens is 1. The predicted octanol–water partition coefficient (Wildman–Crippen LogP) is 0.782. The van der Waals surface area contributed by atoms with Gasteiger partial charge >= 0.3 is 0 Å². The Labute approximate surface area is 160 Å². The van der Waals surface area contributed by atoms with Crippen LogP contribution >= 0.6 is 11.3 Å². The maximum absolute atomic E-state index is 12.5. The van der Waals surface area contributed by atoms with Crippen molar-refractivity contribution in [3.63, 3.8) is 0 Å². The summed E-state index contributed by atoms with van der Waals surface area (Å²) in [5, 5.41) is 9.17. The van der Waals surface area contributed by atoms with Crippen LogP contribution < -0.4 is 25.4 Å². The Morgan fingerprint density at radius 2 is 1.96 bits per heavy atom. The van der Waals surface area contributed by atoms with Crippen LogP contribution in [0, 0.1) is 11.3 Å². The summed E-state index contributed by atoms with van der Waals surface area (Å²) < 4.78 is 1.99. The Balaban J connectivity index is 2.05. The van der Waals surface area contributed by atoms with Crippen molar-refractivity contribution in [1.29, 1.82) is 5.26 Å². The van der Waals surface area contributed by atoms with Crippen LogP contribution in [-0.4, -0.2) is 23.6 Å². The van der Waals surface area contributed by atoms with Gasteiger partial charge in [0.05, 0.1) is 0 Å². The normalized spacial score (nSPS) is 14.4. The highest BCUT2D eigenvalue weighted by Gasteiger charge is 2.12. The quantitative estimate of drug-likeness (QED) is 0.849. The molecule has 7 heteroatoms.